The van der Waals surface area contributed by atoms with Gasteiger partial charge < -0.3 is 37.0 Å². The van der Waals surface area contributed by atoms with Crippen LogP contribution in [0.1, 0.15) is 171 Å². The first-order chi connectivity index (χ1) is 31.5. The number of hydrogen-bond acceptors (Lipinski definition) is 16. The molecule has 16 nitrogen and oxygen atoms in total. The van der Waals surface area contributed by atoms with E-state index in [1.54, 1.807) is 53.3 Å². The lowest BCUT2D eigenvalue weighted by atomic mass is 10.2. The predicted octanol–water partition coefficient (Wildman–Crippen LogP) is 13.5. The predicted molar refractivity (Wildman–Crippen MR) is 279 cm³/mol. The van der Waals surface area contributed by atoms with Crippen LogP contribution in [0.25, 0.3) is 0 Å². The second-order valence-corrected chi connectivity index (χ2v) is 29.7. The highest BCUT2D eigenvalue weighted by Gasteiger charge is 2.18. The smallest absolute Gasteiger partial charge is 0.306 e. The van der Waals surface area contributed by atoms with Crippen molar-refractivity contribution in [2.24, 2.45) is 11.8 Å². The second-order valence-electron chi connectivity index (χ2n) is 18.6. The van der Waals surface area contributed by atoms with Gasteiger partial charge in [0.05, 0.1) is 39.6 Å². The van der Waals surface area contributed by atoms with Crippen LogP contribution < -0.4 is 0 Å². The molecule has 0 rings (SSSR count). The maximum Gasteiger partial charge on any atom is 0.306 e. The van der Waals surface area contributed by atoms with E-state index < -0.39 is 29.5 Å². The van der Waals surface area contributed by atoms with Gasteiger partial charge in [-0.2, -0.15) is 0 Å². The maximum atomic E-state index is 11.5. The molecule has 0 saturated carbocycles. The van der Waals surface area contributed by atoms with Gasteiger partial charge >= 0.3 is 23.9 Å². The molecule has 0 bridgehead atoms. The quantitative estimate of drug-likeness (QED) is 0.0247. The molecule has 0 amide bonds. The Hall–Kier alpha value is -1.36. The summed E-state index contributed by atoms with van der Waals surface area (Å²) >= 11 is 0. The van der Waals surface area contributed by atoms with Crippen LogP contribution in [0.3, 0.4) is 0 Å². The minimum absolute atomic E-state index is 0.0818. The number of esters is 4. The Morgan fingerprint density at radius 2 is 0.588 bits per heavy atom. The van der Waals surface area contributed by atoms with Crippen molar-refractivity contribution in [3.8, 4) is 0 Å². The molecule has 0 aromatic rings. The number of rotatable bonds is 36. The first kappa shape index (κ1) is 73.2. The van der Waals surface area contributed by atoms with Crippen molar-refractivity contribution < 1.29 is 74.5 Å². The summed E-state index contributed by atoms with van der Waals surface area (Å²) in [6.45, 7) is 30.4. The largest absolute Gasteiger partial charge is 0.465 e. The topological polar surface area (TPSA) is 210 Å². The minimum atomic E-state index is -2.49. The van der Waals surface area contributed by atoms with Gasteiger partial charge in [0.15, 0.2) is 29.5 Å². The molecule has 2 unspecified atom stereocenters. The molecule has 0 radical (unpaired) electrons. The van der Waals surface area contributed by atoms with Gasteiger partial charge in [-0.1, -0.05) is 107 Å². The normalized spacial score (nSPS) is 13.4. The van der Waals surface area contributed by atoms with Crippen LogP contribution in [0.4, 0.5) is 0 Å². The third-order valence-corrected chi connectivity index (χ3v) is 12.1. The zero-order valence-electron chi connectivity index (χ0n) is 45.6. The van der Waals surface area contributed by atoms with Gasteiger partial charge in [-0.25, -0.2) is 0 Å². The number of carbonyl (C=O) groups is 4. The number of carbonyl (C=O) groups excluding carboxylic acids is 4. The SMILES string of the molecule is CCCCCC(=O)OC(CC)COP(C)(C)=O.CCCCCC(=O)OCC(C)COP(C)(C)=O.CCCCCC(=O)OC[C@@H](C)COP(C)(C)=O.CCCCCC(=O)O[C@H](CC)COP(C)(C)=O. The van der Waals surface area contributed by atoms with E-state index in [1.807, 2.05) is 27.7 Å². The molecular formula is C48H100O16P4. The lowest BCUT2D eigenvalue weighted by Gasteiger charge is -2.17. The van der Waals surface area contributed by atoms with Crippen molar-refractivity contribution in [2.45, 2.75) is 183 Å². The van der Waals surface area contributed by atoms with Gasteiger partial charge in [-0.05, 0) is 38.5 Å². The highest BCUT2D eigenvalue weighted by molar-refractivity contribution is 7.58. The summed E-state index contributed by atoms with van der Waals surface area (Å²) in [4.78, 5) is 45.5. The number of unbranched alkanes of at least 4 members (excludes halogenated alkanes) is 8. The van der Waals surface area contributed by atoms with Gasteiger partial charge in [0.25, 0.3) is 0 Å². The molecule has 0 fully saturated rings. The standard InChI is InChI=1S/4C12H25O4P/c2*1-5-6-7-8-12(13)15-9-11(2)10-16-17(3,4)14;2*1-5-7-8-9-12(13)16-11(6-2)10-15-17(3,4)14/h4*11H,5-10H2,1-4H3/t11-;;11-;/m1.1./s1. The van der Waals surface area contributed by atoms with Crippen LogP contribution in [0, 0.1) is 11.8 Å². The van der Waals surface area contributed by atoms with E-state index in [9.17, 15) is 37.4 Å². The summed E-state index contributed by atoms with van der Waals surface area (Å²) in [6.07, 6.45) is 14.8. The summed E-state index contributed by atoms with van der Waals surface area (Å²) in [5, 5.41) is 0. The van der Waals surface area contributed by atoms with Crippen LogP contribution in [0.2, 0.25) is 0 Å². The molecule has 68 heavy (non-hydrogen) atoms. The fraction of sp³-hybridized carbons (Fsp3) is 0.917. The molecule has 0 aliphatic heterocycles. The lowest BCUT2D eigenvalue weighted by Crippen LogP contribution is -2.22. The van der Waals surface area contributed by atoms with E-state index in [4.69, 9.17) is 37.0 Å². The summed E-state index contributed by atoms with van der Waals surface area (Å²) in [5.74, 6) is -0.508. The number of hydrogen-bond donors (Lipinski definition) is 0. The van der Waals surface area contributed by atoms with Crippen molar-refractivity contribution in [3.63, 3.8) is 0 Å². The zero-order valence-corrected chi connectivity index (χ0v) is 49.2. The van der Waals surface area contributed by atoms with Crippen molar-refractivity contribution in [3.05, 3.63) is 0 Å². The molecule has 20 heteroatoms. The monoisotopic (exact) mass is 1060 g/mol. The molecule has 0 aromatic heterocycles. The van der Waals surface area contributed by atoms with E-state index in [-0.39, 0.29) is 61.1 Å². The van der Waals surface area contributed by atoms with Crippen molar-refractivity contribution in [1.82, 2.24) is 0 Å². The Balaban J connectivity index is -0.000000402. The minimum Gasteiger partial charge on any atom is -0.465 e. The van der Waals surface area contributed by atoms with Crippen LogP contribution in [0.5, 0.6) is 0 Å². The molecule has 0 saturated heterocycles. The summed E-state index contributed by atoms with van der Waals surface area (Å²) < 4.78 is 86.8. The Kier molecular flexibility index (Phi) is 47.7. The van der Waals surface area contributed by atoms with Gasteiger partial charge in [0.2, 0.25) is 0 Å². The third kappa shape index (κ3) is 62.7. The first-order valence-corrected chi connectivity index (χ1v) is 35.0. The molecule has 0 aromatic carbocycles. The van der Waals surface area contributed by atoms with Crippen LogP contribution >= 0.6 is 29.5 Å². The molecule has 0 aliphatic carbocycles. The molecule has 408 valence electrons. The Morgan fingerprint density at radius 1 is 0.353 bits per heavy atom. The maximum absolute atomic E-state index is 11.5. The number of ether oxygens (including phenoxy) is 4. The van der Waals surface area contributed by atoms with Crippen molar-refractivity contribution in [2.75, 3.05) is 93.0 Å². The summed E-state index contributed by atoms with van der Waals surface area (Å²) in [7, 11) is -9.85. The molecule has 4 atom stereocenters. The fourth-order valence-electron chi connectivity index (χ4n) is 4.89. The average molecular weight is 1060 g/mol. The van der Waals surface area contributed by atoms with E-state index >= 15 is 0 Å². The molecule has 0 N–H and O–H groups in total. The highest BCUT2D eigenvalue weighted by atomic mass is 31.2. The Morgan fingerprint density at radius 3 is 0.809 bits per heavy atom. The third-order valence-electron chi connectivity index (χ3n) is 8.98. The molecule has 0 aliphatic rings. The van der Waals surface area contributed by atoms with Crippen LogP contribution in [-0.2, 0) is 74.5 Å². The molecular weight excluding hydrogens is 956 g/mol. The van der Waals surface area contributed by atoms with Gasteiger partial charge in [0.1, 0.15) is 12.2 Å². The first-order valence-electron chi connectivity index (χ1n) is 25.0. The molecule has 0 heterocycles. The summed E-state index contributed by atoms with van der Waals surface area (Å²) in [5.41, 5.74) is 0. The summed E-state index contributed by atoms with van der Waals surface area (Å²) in [6, 6.07) is 0. The zero-order chi connectivity index (χ0) is 53.2. The van der Waals surface area contributed by atoms with E-state index in [1.165, 1.54) is 0 Å². The van der Waals surface area contributed by atoms with Gasteiger partial charge in [-0.3, -0.25) is 37.4 Å². The molecule has 0 spiro atoms. The van der Waals surface area contributed by atoms with E-state index in [2.05, 4.69) is 27.7 Å². The van der Waals surface area contributed by atoms with Gasteiger partial charge in [-0.15, -0.1) is 0 Å². The van der Waals surface area contributed by atoms with Crippen LogP contribution in [-0.4, -0.2) is 129 Å². The fourth-order valence-corrected chi connectivity index (χ4v) is 7.16. The van der Waals surface area contributed by atoms with E-state index in [0.29, 0.717) is 65.0 Å². The average Bonchev–Trinajstić information content (AvgIpc) is 3.23. The highest BCUT2D eigenvalue weighted by Crippen LogP contribution is 2.39. The Labute approximate surface area is 414 Å². The Bertz CT molecular complexity index is 1360. The van der Waals surface area contributed by atoms with Gasteiger partial charge in [0, 0.05) is 90.8 Å². The second kappa shape index (κ2) is 44.3. The van der Waals surface area contributed by atoms with Crippen molar-refractivity contribution in [1.29, 1.82) is 0 Å². The van der Waals surface area contributed by atoms with Crippen molar-refractivity contribution >= 4 is 53.4 Å². The van der Waals surface area contributed by atoms with E-state index in [0.717, 1.165) is 77.0 Å². The lowest BCUT2D eigenvalue weighted by molar-refractivity contribution is -0.151. The van der Waals surface area contributed by atoms with Crippen LogP contribution in [0.15, 0.2) is 0 Å².